The highest BCUT2D eigenvalue weighted by atomic mass is 16.5. The zero-order valence-corrected chi connectivity index (χ0v) is 15.1. The lowest BCUT2D eigenvalue weighted by atomic mass is 9.90. The Bertz CT molecular complexity index is 775. The molecule has 1 saturated heterocycles. The molecule has 2 aromatic carbocycles. The molecule has 4 nitrogen and oxygen atoms in total. The molecule has 1 saturated carbocycles. The molecule has 0 aromatic heterocycles. The van der Waals surface area contributed by atoms with E-state index in [2.05, 4.69) is 4.90 Å². The predicted molar refractivity (Wildman–Crippen MR) is 100 cm³/mol. The normalized spacial score (nSPS) is 28.1. The molecule has 4 heteroatoms. The Kier molecular flexibility index (Phi) is 4.55. The standard InChI is InChI=1S/C22H25NO3/c1-26-20-9-5-8-19(10-20)22(25)11-17-13-23(14-18(17)12-22)15-21(24)16-6-3-2-4-7-16/h2-10,17-18,25H,11-15H2,1H3/t17-,18+,22?. The van der Waals surface area contributed by atoms with E-state index in [1.165, 1.54) is 0 Å². The van der Waals surface area contributed by atoms with Crippen molar-refractivity contribution in [1.82, 2.24) is 4.90 Å². The zero-order valence-electron chi connectivity index (χ0n) is 15.1. The van der Waals surface area contributed by atoms with E-state index in [9.17, 15) is 9.90 Å². The minimum absolute atomic E-state index is 0.175. The molecule has 2 aromatic rings. The maximum Gasteiger partial charge on any atom is 0.176 e. The van der Waals surface area contributed by atoms with Crippen molar-refractivity contribution in [3.05, 3.63) is 65.7 Å². The monoisotopic (exact) mass is 351 g/mol. The van der Waals surface area contributed by atoms with Crippen LogP contribution in [-0.2, 0) is 5.60 Å². The van der Waals surface area contributed by atoms with Gasteiger partial charge in [-0.1, -0.05) is 42.5 Å². The highest BCUT2D eigenvalue weighted by Crippen LogP contribution is 2.49. The number of rotatable bonds is 5. The second-order valence-corrected chi connectivity index (χ2v) is 7.68. The summed E-state index contributed by atoms with van der Waals surface area (Å²) in [5.74, 6) is 1.83. The summed E-state index contributed by atoms with van der Waals surface area (Å²) in [6.45, 7) is 2.24. The van der Waals surface area contributed by atoms with Crippen LogP contribution in [0, 0.1) is 11.8 Å². The van der Waals surface area contributed by atoms with Crippen LogP contribution in [0.2, 0.25) is 0 Å². The van der Waals surface area contributed by atoms with Crippen LogP contribution in [0.5, 0.6) is 5.75 Å². The molecule has 0 radical (unpaired) electrons. The van der Waals surface area contributed by atoms with Crippen LogP contribution in [0.25, 0.3) is 0 Å². The molecule has 0 amide bonds. The molecule has 0 bridgehead atoms. The first kappa shape index (κ1) is 17.3. The van der Waals surface area contributed by atoms with E-state index in [-0.39, 0.29) is 5.78 Å². The minimum Gasteiger partial charge on any atom is -0.497 e. The molecule has 1 heterocycles. The molecule has 4 rings (SSSR count). The van der Waals surface area contributed by atoms with E-state index in [1.54, 1.807) is 7.11 Å². The number of likely N-dealkylation sites (tertiary alicyclic amines) is 1. The Morgan fingerprint density at radius 2 is 1.81 bits per heavy atom. The molecule has 2 fully saturated rings. The lowest BCUT2D eigenvalue weighted by Crippen LogP contribution is -2.31. The van der Waals surface area contributed by atoms with E-state index >= 15 is 0 Å². The van der Waals surface area contributed by atoms with Gasteiger partial charge in [0.15, 0.2) is 5.78 Å². The summed E-state index contributed by atoms with van der Waals surface area (Å²) in [5, 5.41) is 11.2. The number of nitrogens with zero attached hydrogens (tertiary/aromatic N) is 1. The second kappa shape index (κ2) is 6.86. The van der Waals surface area contributed by atoms with E-state index in [4.69, 9.17) is 4.74 Å². The van der Waals surface area contributed by atoms with E-state index in [1.807, 2.05) is 54.6 Å². The second-order valence-electron chi connectivity index (χ2n) is 7.68. The number of fused-ring (bicyclic) bond motifs is 1. The summed E-state index contributed by atoms with van der Waals surface area (Å²) in [7, 11) is 1.65. The number of aliphatic hydroxyl groups is 1. The van der Waals surface area contributed by atoms with E-state index < -0.39 is 5.60 Å². The van der Waals surface area contributed by atoms with Crippen molar-refractivity contribution in [1.29, 1.82) is 0 Å². The van der Waals surface area contributed by atoms with E-state index in [0.29, 0.717) is 18.4 Å². The predicted octanol–water partition coefficient (Wildman–Crippen LogP) is 3.11. The van der Waals surface area contributed by atoms with Crippen LogP contribution < -0.4 is 4.74 Å². The van der Waals surface area contributed by atoms with Gasteiger partial charge >= 0.3 is 0 Å². The third kappa shape index (κ3) is 3.27. The largest absolute Gasteiger partial charge is 0.497 e. The lowest BCUT2D eigenvalue weighted by Gasteiger charge is -2.26. The summed E-state index contributed by atoms with van der Waals surface area (Å²) in [5.41, 5.74) is 0.940. The first-order valence-electron chi connectivity index (χ1n) is 9.25. The van der Waals surface area contributed by atoms with Crippen LogP contribution in [0.1, 0.15) is 28.8 Å². The van der Waals surface area contributed by atoms with Gasteiger partial charge in [0.1, 0.15) is 5.75 Å². The number of ketones is 1. The van der Waals surface area contributed by atoms with E-state index in [0.717, 1.165) is 42.8 Å². The SMILES string of the molecule is COc1cccc(C2(O)C[C@H]3CN(CC(=O)c4ccccc4)C[C@H]3C2)c1. The van der Waals surface area contributed by atoms with Crippen LogP contribution in [0.15, 0.2) is 54.6 Å². The number of methoxy groups -OCH3 is 1. The quantitative estimate of drug-likeness (QED) is 0.841. The van der Waals surface area contributed by atoms with Crippen LogP contribution in [0.3, 0.4) is 0 Å². The van der Waals surface area contributed by atoms with Gasteiger partial charge < -0.3 is 9.84 Å². The number of hydrogen-bond acceptors (Lipinski definition) is 4. The molecular weight excluding hydrogens is 326 g/mol. The molecular formula is C22H25NO3. The number of hydrogen-bond donors (Lipinski definition) is 1. The summed E-state index contributed by atoms with van der Waals surface area (Å²) >= 11 is 0. The van der Waals surface area contributed by atoms with Crippen molar-refractivity contribution in [2.24, 2.45) is 11.8 Å². The fraction of sp³-hybridized carbons (Fsp3) is 0.409. The van der Waals surface area contributed by atoms with Gasteiger partial charge in [0.2, 0.25) is 0 Å². The van der Waals surface area contributed by atoms with Crippen molar-refractivity contribution < 1.29 is 14.6 Å². The average molecular weight is 351 g/mol. The molecule has 136 valence electrons. The Morgan fingerprint density at radius 1 is 1.12 bits per heavy atom. The van der Waals surface area contributed by atoms with Gasteiger partial charge in [0, 0.05) is 18.7 Å². The van der Waals surface area contributed by atoms with Crippen molar-refractivity contribution in [2.45, 2.75) is 18.4 Å². The summed E-state index contributed by atoms with van der Waals surface area (Å²) < 4.78 is 5.30. The number of Topliss-reactive ketones (excluding diaryl/α,β-unsaturated/α-hetero) is 1. The van der Waals surface area contributed by atoms with Gasteiger partial charge in [-0.25, -0.2) is 0 Å². The zero-order chi connectivity index (χ0) is 18.1. The molecule has 2 aliphatic rings. The van der Waals surface area contributed by atoms with Crippen molar-refractivity contribution in [3.63, 3.8) is 0 Å². The maximum atomic E-state index is 12.4. The minimum atomic E-state index is -0.778. The summed E-state index contributed by atoms with van der Waals surface area (Å²) in [6.07, 6.45) is 1.50. The molecule has 26 heavy (non-hydrogen) atoms. The first-order chi connectivity index (χ1) is 12.6. The highest BCUT2D eigenvalue weighted by molar-refractivity contribution is 5.97. The fourth-order valence-electron chi connectivity index (χ4n) is 4.64. The average Bonchev–Trinajstić information content (AvgIpc) is 3.17. The first-order valence-corrected chi connectivity index (χ1v) is 9.25. The van der Waals surface area contributed by atoms with Gasteiger partial charge in [-0.3, -0.25) is 9.69 Å². The van der Waals surface area contributed by atoms with Crippen molar-refractivity contribution in [3.8, 4) is 5.75 Å². The number of carbonyl (C=O) groups excluding carboxylic acids is 1. The Hall–Kier alpha value is -2.17. The topological polar surface area (TPSA) is 49.8 Å². The molecule has 1 aliphatic heterocycles. The smallest absolute Gasteiger partial charge is 0.176 e. The maximum absolute atomic E-state index is 12.4. The number of carbonyl (C=O) groups is 1. The Balaban J connectivity index is 1.40. The van der Waals surface area contributed by atoms with Gasteiger partial charge in [-0.15, -0.1) is 0 Å². The fourth-order valence-corrected chi connectivity index (χ4v) is 4.64. The third-order valence-corrected chi connectivity index (χ3v) is 5.92. The molecule has 0 spiro atoms. The molecule has 1 unspecified atom stereocenters. The van der Waals surface area contributed by atoms with Crippen LogP contribution in [0.4, 0.5) is 0 Å². The van der Waals surface area contributed by atoms with Crippen LogP contribution >= 0.6 is 0 Å². The number of ether oxygens (including phenoxy) is 1. The van der Waals surface area contributed by atoms with Crippen LogP contribution in [-0.4, -0.2) is 42.5 Å². The Labute approximate surface area is 154 Å². The summed E-state index contributed by atoms with van der Waals surface area (Å²) in [6, 6.07) is 17.3. The van der Waals surface area contributed by atoms with Gasteiger partial charge in [-0.05, 0) is 42.4 Å². The van der Waals surface area contributed by atoms with Crippen molar-refractivity contribution >= 4 is 5.78 Å². The van der Waals surface area contributed by atoms with Gasteiger partial charge in [0.05, 0.1) is 19.3 Å². The Morgan fingerprint density at radius 3 is 2.46 bits per heavy atom. The van der Waals surface area contributed by atoms with Gasteiger partial charge in [0.25, 0.3) is 0 Å². The van der Waals surface area contributed by atoms with Gasteiger partial charge in [-0.2, -0.15) is 0 Å². The van der Waals surface area contributed by atoms with Crippen molar-refractivity contribution in [2.75, 3.05) is 26.7 Å². The summed E-state index contributed by atoms with van der Waals surface area (Å²) in [4.78, 5) is 14.7. The number of benzene rings is 2. The highest BCUT2D eigenvalue weighted by Gasteiger charge is 2.49. The molecule has 1 N–H and O–H groups in total. The lowest BCUT2D eigenvalue weighted by molar-refractivity contribution is 0.0313. The molecule has 1 aliphatic carbocycles. The third-order valence-electron chi connectivity index (χ3n) is 5.92. The molecule has 3 atom stereocenters.